The van der Waals surface area contributed by atoms with Gasteiger partial charge in [0.05, 0.1) is 0 Å². The molecule has 0 unspecified atom stereocenters. The third-order valence-corrected chi connectivity index (χ3v) is 2.75. The van der Waals surface area contributed by atoms with Gasteiger partial charge in [-0.15, -0.1) is 0 Å². The normalized spacial score (nSPS) is 12.4. The standard InChI is InChI=1S/C13H16FN3O/c1-9(15)11-4-3-10(7-12(11)14)18-8-13-16-5-6-17(13)2/h3-7,9H,8,15H2,1-2H3/t9-/m1/s1. The molecule has 0 bridgehead atoms. The first-order valence-electron chi connectivity index (χ1n) is 5.72. The second-order valence-corrected chi connectivity index (χ2v) is 4.22. The summed E-state index contributed by atoms with van der Waals surface area (Å²) in [6, 6.07) is 4.38. The molecule has 5 heteroatoms. The SMILES string of the molecule is C[C@@H](N)c1ccc(OCc2nccn2C)cc1F. The number of benzene rings is 1. The van der Waals surface area contributed by atoms with Crippen LogP contribution in [0.3, 0.4) is 0 Å². The molecule has 96 valence electrons. The number of aromatic nitrogens is 2. The molecule has 2 N–H and O–H groups in total. The fraction of sp³-hybridized carbons (Fsp3) is 0.308. The Kier molecular flexibility index (Phi) is 3.62. The van der Waals surface area contributed by atoms with Crippen molar-refractivity contribution in [2.75, 3.05) is 0 Å². The van der Waals surface area contributed by atoms with Crippen molar-refractivity contribution in [2.24, 2.45) is 12.8 Å². The van der Waals surface area contributed by atoms with Crippen molar-refractivity contribution in [3.05, 3.63) is 47.8 Å². The molecule has 0 spiro atoms. The number of nitrogens with zero attached hydrogens (tertiary/aromatic N) is 2. The molecule has 0 radical (unpaired) electrons. The van der Waals surface area contributed by atoms with E-state index in [1.807, 2.05) is 17.8 Å². The minimum Gasteiger partial charge on any atom is -0.486 e. The van der Waals surface area contributed by atoms with Gasteiger partial charge in [0, 0.05) is 37.1 Å². The molecule has 18 heavy (non-hydrogen) atoms. The van der Waals surface area contributed by atoms with Crippen LogP contribution in [0.5, 0.6) is 5.75 Å². The Bertz CT molecular complexity index is 537. The maximum atomic E-state index is 13.7. The van der Waals surface area contributed by atoms with Gasteiger partial charge in [0.1, 0.15) is 24.0 Å². The molecule has 0 aliphatic heterocycles. The Labute approximate surface area is 105 Å². The van der Waals surface area contributed by atoms with Crippen molar-refractivity contribution in [1.82, 2.24) is 9.55 Å². The lowest BCUT2D eigenvalue weighted by Crippen LogP contribution is -2.08. The summed E-state index contributed by atoms with van der Waals surface area (Å²) in [6.45, 7) is 2.05. The summed E-state index contributed by atoms with van der Waals surface area (Å²) in [5.74, 6) is 0.911. The molecule has 0 saturated heterocycles. The van der Waals surface area contributed by atoms with Crippen LogP contribution in [-0.4, -0.2) is 9.55 Å². The second kappa shape index (κ2) is 5.18. The van der Waals surface area contributed by atoms with Crippen LogP contribution >= 0.6 is 0 Å². The molecule has 1 aromatic heterocycles. The van der Waals surface area contributed by atoms with E-state index >= 15 is 0 Å². The van der Waals surface area contributed by atoms with Crippen LogP contribution in [0.1, 0.15) is 24.4 Å². The Balaban J connectivity index is 2.07. The largest absolute Gasteiger partial charge is 0.486 e. The van der Waals surface area contributed by atoms with Gasteiger partial charge in [-0.25, -0.2) is 9.37 Å². The van der Waals surface area contributed by atoms with Gasteiger partial charge >= 0.3 is 0 Å². The number of halogens is 1. The summed E-state index contributed by atoms with van der Waals surface area (Å²) in [7, 11) is 1.88. The minimum absolute atomic E-state index is 0.306. The van der Waals surface area contributed by atoms with E-state index < -0.39 is 0 Å². The number of imidazole rings is 1. The van der Waals surface area contributed by atoms with E-state index in [2.05, 4.69) is 4.98 Å². The highest BCUT2D eigenvalue weighted by Gasteiger charge is 2.08. The molecule has 0 aliphatic rings. The molecule has 0 amide bonds. The van der Waals surface area contributed by atoms with Crippen molar-refractivity contribution in [2.45, 2.75) is 19.6 Å². The number of aryl methyl sites for hydroxylation is 1. The minimum atomic E-state index is -0.345. The van der Waals surface area contributed by atoms with Crippen LogP contribution in [0.25, 0.3) is 0 Å². The number of hydrogen-bond donors (Lipinski definition) is 1. The molecular formula is C13H16FN3O. The van der Waals surface area contributed by atoms with Crippen LogP contribution in [-0.2, 0) is 13.7 Å². The average molecular weight is 249 g/mol. The van der Waals surface area contributed by atoms with Gasteiger partial charge in [0.2, 0.25) is 0 Å². The highest BCUT2D eigenvalue weighted by Crippen LogP contribution is 2.21. The van der Waals surface area contributed by atoms with E-state index in [0.29, 0.717) is 17.9 Å². The van der Waals surface area contributed by atoms with Crippen molar-refractivity contribution >= 4 is 0 Å². The zero-order valence-corrected chi connectivity index (χ0v) is 10.4. The number of rotatable bonds is 4. The number of hydrogen-bond acceptors (Lipinski definition) is 3. The second-order valence-electron chi connectivity index (χ2n) is 4.22. The van der Waals surface area contributed by atoms with Crippen molar-refractivity contribution in [3.8, 4) is 5.75 Å². The van der Waals surface area contributed by atoms with Gasteiger partial charge < -0.3 is 15.0 Å². The monoisotopic (exact) mass is 249 g/mol. The smallest absolute Gasteiger partial charge is 0.146 e. The molecule has 2 aromatic rings. The first kappa shape index (κ1) is 12.6. The Morgan fingerprint density at radius 2 is 2.28 bits per heavy atom. The highest BCUT2D eigenvalue weighted by molar-refractivity contribution is 5.30. The molecule has 0 saturated carbocycles. The van der Waals surface area contributed by atoms with Crippen molar-refractivity contribution in [1.29, 1.82) is 0 Å². The van der Waals surface area contributed by atoms with E-state index in [4.69, 9.17) is 10.5 Å². The summed E-state index contributed by atoms with van der Waals surface area (Å²) in [4.78, 5) is 4.12. The molecular weight excluding hydrogens is 233 g/mol. The lowest BCUT2D eigenvalue weighted by Gasteiger charge is -2.10. The van der Waals surface area contributed by atoms with Crippen LogP contribution in [0, 0.1) is 5.82 Å². The predicted octanol–water partition coefficient (Wildman–Crippen LogP) is 2.16. The molecule has 1 aromatic carbocycles. The van der Waals surface area contributed by atoms with E-state index in [1.165, 1.54) is 6.07 Å². The van der Waals surface area contributed by atoms with Crippen LogP contribution in [0.2, 0.25) is 0 Å². The van der Waals surface area contributed by atoms with Gasteiger partial charge in [-0.05, 0) is 13.0 Å². The van der Waals surface area contributed by atoms with Crippen molar-refractivity contribution in [3.63, 3.8) is 0 Å². The van der Waals surface area contributed by atoms with Gasteiger partial charge in [0.15, 0.2) is 0 Å². The van der Waals surface area contributed by atoms with E-state index in [-0.39, 0.29) is 11.9 Å². The van der Waals surface area contributed by atoms with Crippen LogP contribution in [0.15, 0.2) is 30.6 Å². The quantitative estimate of drug-likeness (QED) is 0.903. The Morgan fingerprint density at radius 1 is 1.50 bits per heavy atom. The molecule has 0 fully saturated rings. The topological polar surface area (TPSA) is 53.1 Å². The maximum absolute atomic E-state index is 13.7. The zero-order valence-electron chi connectivity index (χ0n) is 10.4. The molecule has 1 atom stereocenters. The van der Waals surface area contributed by atoms with Gasteiger partial charge in [-0.1, -0.05) is 6.07 Å². The summed E-state index contributed by atoms with van der Waals surface area (Å²) >= 11 is 0. The highest BCUT2D eigenvalue weighted by atomic mass is 19.1. The van der Waals surface area contributed by atoms with Crippen molar-refractivity contribution < 1.29 is 9.13 Å². The average Bonchev–Trinajstić information content (AvgIpc) is 2.72. The fourth-order valence-corrected chi connectivity index (χ4v) is 1.65. The summed E-state index contributed by atoms with van der Waals surface area (Å²) in [6.07, 6.45) is 3.52. The first-order valence-corrected chi connectivity index (χ1v) is 5.72. The number of nitrogens with two attached hydrogens (primary N) is 1. The van der Waals surface area contributed by atoms with E-state index in [0.717, 1.165) is 5.82 Å². The lowest BCUT2D eigenvalue weighted by atomic mass is 10.1. The zero-order chi connectivity index (χ0) is 13.1. The maximum Gasteiger partial charge on any atom is 0.146 e. The summed E-state index contributed by atoms with van der Waals surface area (Å²) < 4.78 is 21.0. The third kappa shape index (κ3) is 2.68. The Hall–Kier alpha value is -1.88. The molecule has 0 aliphatic carbocycles. The van der Waals surface area contributed by atoms with Gasteiger partial charge in [-0.3, -0.25) is 0 Å². The molecule has 4 nitrogen and oxygen atoms in total. The predicted molar refractivity (Wildman–Crippen MR) is 66.5 cm³/mol. The molecule has 1 heterocycles. The lowest BCUT2D eigenvalue weighted by molar-refractivity contribution is 0.290. The fourth-order valence-electron chi connectivity index (χ4n) is 1.65. The molecule has 2 rings (SSSR count). The Morgan fingerprint density at radius 3 is 2.83 bits per heavy atom. The van der Waals surface area contributed by atoms with E-state index in [9.17, 15) is 4.39 Å². The third-order valence-electron chi connectivity index (χ3n) is 2.75. The summed E-state index contributed by atoms with van der Waals surface area (Å²) in [5, 5.41) is 0. The first-order chi connectivity index (χ1) is 8.58. The van der Waals surface area contributed by atoms with Gasteiger partial charge in [0.25, 0.3) is 0 Å². The van der Waals surface area contributed by atoms with Crippen LogP contribution in [0.4, 0.5) is 4.39 Å². The van der Waals surface area contributed by atoms with E-state index in [1.54, 1.807) is 25.3 Å². The number of ether oxygens (including phenoxy) is 1. The summed E-state index contributed by atoms with van der Waals surface area (Å²) in [5.41, 5.74) is 6.13. The van der Waals surface area contributed by atoms with Gasteiger partial charge in [-0.2, -0.15) is 0 Å². The van der Waals surface area contributed by atoms with Crippen LogP contribution < -0.4 is 10.5 Å².